The molecule has 2 aliphatic rings. The van der Waals surface area contributed by atoms with E-state index in [0.717, 1.165) is 5.57 Å². The molecule has 260 valence electrons. The molecule has 0 aliphatic carbocycles. The molecule has 2 aliphatic heterocycles. The van der Waals surface area contributed by atoms with Gasteiger partial charge < -0.3 is 33.9 Å². The van der Waals surface area contributed by atoms with Gasteiger partial charge in [-0.2, -0.15) is 0 Å². The minimum atomic E-state index is -1.79. The van der Waals surface area contributed by atoms with Crippen molar-refractivity contribution in [3.63, 3.8) is 0 Å². The molecule has 2 saturated heterocycles. The Bertz CT molecular complexity index is 1310. The lowest BCUT2D eigenvalue weighted by molar-refractivity contribution is -0.162. The van der Waals surface area contributed by atoms with E-state index in [0.29, 0.717) is 5.70 Å². The number of epoxide rings is 1. The number of rotatable bonds is 16. The van der Waals surface area contributed by atoms with Crippen molar-refractivity contribution < 1.29 is 43.2 Å². The van der Waals surface area contributed by atoms with Gasteiger partial charge in [0.25, 0.3) is 0 Å². The van der Waals surface area contributed by atoms with Crippen LogP contribution in [0.15, 0.2) is 48.2 Å². The van der Waals surface area contributed by atoms with E-state index >= 15 is 0 Å². The maximum absolute atomic E-state index is 13.4. The summed E-state index contributed by atoms with van der Waals surface area (Å²) in [5.74, 6) is 0.489. The average Bonchev–Trinajstić information content (AvgIpc) is 3.72. The molecule has 0 aromatic carbocycles. The average molecular weight is 658 g/mol. The van der Waals surface area contributed by atoms with Crippen LogP contribution in [-0.4, -0.2) is 102 Å². The molecular formula is C35H51N3O9. The number of aliphatic hydroxyl groups is 1. The summed E-state index contributed by atoms with van der Waals surface area (Å²) in [4.78, 5) is 54.7. The van der Waals surface area contributed by atoms with Gasteiger partial charge in [0.1, 0.15) is 30.0 Å². The van der Waals surface area contributed by atoms with Crippen LogP contribution >= 0.6 is 0 Å². The van der Waals surface area contributed by atoms with E-state index in [4.69, 9.17) is 25.4 Å². The maximum atomic E-state index is 13.4. The summed E-state index contributed by atoms with van der Waals surface area (Å²) in [5.41, 5.74) is -1.35. The molecule has 0 saturated carbocycles. The third kappa shape index (κ3) is 9.79. The Morgan fingerprint density at radius 2 is 1.91 bits per heavy atom. The second-order valence-electron chi connectivity index (χ2n) is 12.4. The van der Waals surface area contributed by atoms with E-state index in [1.807, 2.05) is 19.9 Å². The largest absolute Gasteiger partial charge is 0.457 e. The fourth-order valence-electron chi connectivity index (χ4n) is 5.55. The predicted molar refractivity (Wildman–Crippen MR) is 176 cm³/mol. The number of ether oxygens (including phenoxy) is 4. The molecular weight excluding hydrogens is 606 g/mol. The summed E-state index contributed by atoms with van der Waals surface area (Å²) in [6, 6.07) is -0.973. The molecule has 2 heterocycles. The van der Waals surface area contributed by atoms with Crippen molar-refractivity contribution in [1.29, 1.82) is 0 Å². The van der Waals surface area contributed by atoms with Crippen LogP contribution in [0.5, 0.6) is 0 Å². The van der Waals surface area contributed by atoms with Gasteiger partial charge in [-0.25, -0.2) is 9.59 Å². The normalized spacial score (nSPS) is 26.4. The Morgan fingerprint density at radius 3 is 2.47 bits per heavy atom. The first kappa shape index (κ1) is 39.3. The number of carbonyl (C=O) groups excluding carboxylic acids is 4. The Kier molecular flexibility index (Phi) is 14.0. The zero-order chi connectivity index (χ0) is 35.7. The fourth-order valence-corrected chi connectivity index (χ4v) is 5.55. The molecule has 2 N–H and O–H groups in total. The number of cyclic esters (lactones) is 1. The first-order valence-electron chi connectivity index (χ1n) is 15.7. The summed E-state index contributed by atoms with van der Waals surface area (Å²) >= 11 is 0. The van der Waals surface area contributed by atoms with Gasteiger partial charge >= 0.3 is 12.1 Å². The number of amides is 3. The van der Waals surface area contributed by atoms with Crippen LogP contribution in [0.25, 0.3) is 0 Å². The molecule has 0 spiro atoms. The number of carbonyl (C=O) groups is 4. The lowest BCUT2D eigenvalue weighted by Crippen LogP contribution is -2.63. The molecule has 0 aromatic heterocycles. The van der Waals surface area contributed by atoms with Crippen molar-refractivity contribution in [2.75, 3.05) is 21.2 Å². The summed E-state index contributed by atoms with van der Waals surface area (Å²) in [6.07, 6.45) is 9.54. The zero-order valence-corrected chi connectivity index (χ0v) is 29.1. The lowest BCUT2D eigenvalue weighted by Gasteiger charge is -2.42. The van der Waals surface area contributed by atoms with Crippen molar-refractivity contribution in [2.45, 2.75) is 109 Å². The van der Waals surface area contributed by atoms with E-state index in [1.165, 1.54) is 37.0 Å². The molecule has 0 radical (unpaired) electrons. The molecule has 8 atom stereocenters. The Hall–Kier alpha value is -3.92. The van der Waals surface area contributed by atoms with Gasteiger partial charge in [-0.3, -0.25) is 14.9 Å². The first-order valence-corrected chi connectivity index (χ1v) is 15.7. The number of methoxy groups -OCH3 is 1. The van der Waals surface area contributed by atoms with Crippen molar-refractivity contribution in [3.05, 3.63) is 48.2 Å². The smallest absolute Gasteiger partial charge is 0.409 e. The first-order chi connectivity index (χ1) is 22.0. The highest BCUT2D eigenvalue weighted by Crippen LogP contribution is 2.49. The second kappa shape index (κ2) is 16.8. The van der Waals surface area contributed by atoms with E-state index in [1.54, 1.807) is 46.0 Å². The number of nitrogens with one attached hydrogen (secondary N) is 1. The number of nitrogens with zero attached hydrogens (tertiary/aromatic N) is 2. The molecule has 0 aromatic rings. The highest BCUT2D eigenvalue weighted by molar-refractivity contribution is 5.85. The van der Waals surface area contributed by atoms with Crippen molar-refractivity contribution >= 4 is 23.9 Å². The topological polar surface area (TPSA) is 147 Å². The maximum Gasteiger partial charge on any atom is 0.409 e. The van der Waals surface area contributed by atoms with Crippen molar-refractivity contribution in [2.24, 2.45) is 5.92 Å². The molecule has 8 unspecified atom stereocenters. The van der Waals surface area contributed by atoms with Crippen LogP contribution < -0.4 is 5.32 Å². The summed E-state index contributed by atoms with van der Waals surface area (Å²) < 4.78 is 23.2. The van der Waals surface area contributed by atoms with E-state index in [9.17, 15) is 24.3 Å². The SMILES string of the molecule is C#CCCC(=O)N(C)C(C)C(=O)OC(CC(=O)N(C)C(C=C)=CC)C1(C)OC1C(C)C1CC(O)(C(C=CC=C(C)C)OC)NC(=O)O1. The number of likely N-dealkylation sites (N-methyl/N-ethyl adjacent to an activating group) is 2. The minimum Gasteiger partial charge on any atom is -0.457 e. The fraction of sp³-hybridized carbons (Fsp3) is 0.600. The highest BCUT2D eigenvalue weighted by Gasteiger charge is 2.64. The van der Waals surface area contributed by atoms with Gasteiger partial charge in [0.05, 0.1) is 12.5 Å². The van der Waals surface area contributed by atoms with Crippen molar-refractivity contribution in [1.82, 2.24) is 15.1 Å². The number of hydrogen-bond donors (Lipinski definition) is 2. The second-order valence-corrected chi connectivity index (χ2v) is 12.4. The van der Waals surface area contributed by atoms with Crippen LogP contribution in [0.4, 0.5) is 4.79 Å². The number of hydrogen-bond acceptors (Lipinski definition) is 9. The van der Waals surface area contributed by atoms with E-state index in [-0.39, 0.29) is 37.5 Å². The van der Waals surface area contributed by atoms with Crippen LogP contribution in [0.1, 0.15) is 67.2 Å². The Morgan fingerprint density at radius 1 is 1.26 bits per heavy atom. The molecule has 2 rings (SSSR count). The minimum absolute atomic E-state index is 0.0365. The van der Waals surface area contributed by atoms with Gasteiger partial charge in [0.15, 0.2) is 5.72 Å². The number of allylic oxidation sites excluding steroid dienone is 5. The van der Waals surface area contributed by atoms with Crippen LogP contribution in [0.2, 0.25) is 0 Å². The quantitative estimate of drug-likeness (QED) is 0.110. The van der Waals surface area contributed by atoms with Gasteiger partial charge in [0, 0.05) is 52.1 Å². The standard InChI is InChI=1S/C35H51N3O9/c1-12-15-19-29(39)37(9)24(7)32(41)46-28(20-30(40)38(10)25(13-2)14-3)34(8)31(47-34)23(6)26-21-35(43,36-33(42)45-26)27(44-11)18-16-17-22(4)5/h1,13-14,16-18,23-24,26-28,31,43H,2,15,19-21H2,3-11H3,(H,36,42). The van der Waals surface area contributed by atoms with Crippen LogP contribution in [-0.2, 0) is 33.3 Å². The van der Waals surface area contributed by atoms with E-state index < -0.39 is 59.8 Å². The molecule has 2 fully saturated rings. The lowest BCUT2D eigenvalue weighted by atomic mass is 9.83. The molecule has 0 bridgehead atoms. The monoisotopic (exact) mass is 657 g/mol. The molecule has 3 amide bonds. The van der Waals surface area contributed by atoms with Gasteiger partial charge in [-0.05, 0) is 40.7 Å². The highest BCUT2D eigenvalue weighted by atomic mass is 16.7. The van der Waals surface area contributed by atoms with Crippen LogP contribution in [0.3, 0.4) is 0 Å². The zero-order valence-electron chi connectivity index (χ0n) is 29.1. The predicted octanol–water partition coefficient (Wildman–Crippen LogP) is 3.61. The number of alkyl carbamates (subject to hydrolysis) is 1. The molecule has 12 nitrogen and oxygen atoms in total. The van der Waals surface area contributed by atoms with Crippen LogP contribution in [0, 0.1) is 18.3 Å². The van der Waals surface area contributed by atoms with Crippen molar-refractivity contribution in [3.8, 4) is 12.3 Å². The van der Waals surface area contributed by atoms with Gasteiger partial charge in [0.2, 0.25) is 11.8 Å². The third-order valence-corrected chi connectivity index (χ3v) is 8.80. The third-order valence-electron chi connectivity index (χ3n) is 8.80. The molecule has 12 heteroatoms. The number of terminal acetylenes is 1. The summed E-state index contributed by atoms with van der Waals surface area (Å²) in [7, 11) is 4.49. The van der Waals surface area contributed by atoms with Gasteiger partial charge in [-0.15, -0.1) is 12.3 Å². The number of esters is 1. The van der Waals surface area contributed by atoms with E-state index in [2.05, 4.69) is 17.8 Å². The summed E-state index contributed by atoms with van der Waals surface area (Å²) in [6.45, 7) is 14.4. The Balaban J connectivity index is 2.34. The van der Waals surface area contributed by atoms with Gasteiger partial charge in [-0.1, -0.05) is 43.4 Å². The summed E-state index contributed by atoms with van der Waals surface area (Å²) in [5, 5.41) is 14.0. The molecule has 47 heavy (non-hydrogen) atoms. The Labute approximate surface area is 278 Å².